The fraction of sp³-hybridized carbons (Fsp3) is 0.345. The van der Waals surface area contributed by atoms with E-state index >= 15 is 0 Å². The molecule has 0 radical (unpaired) electrons. The van der Waals surface area contributed by atoms with Gasteiger partial charge in [0, 0.05) is 77.4 Å². The molecule has 2 saturated heterocycles. The van der Waals surface area contributed by atoms with E-state index in [0.717, 1.165) is 99.8 Å². The molecule has 0 spiro atoms. The summed E-state index contributed by atoms with van der Waals surface area (Å²) in [5.41, 5.74) is 4.99. The number of benzene rings is 5. The minimum absolute atomic E-state index is 0.0169. The molecule has 0 N–H and O–H groups in total. The van der Waals surface area contributed by atoms with Gasteiger partial charge in [-0.2, -0.15) is 0 Å². The Labute approximate surface area is 475 Å². The first-order valence-electron chi connectivity index (χ1n) is 25.1. The molecule has 392 valence electrons. The zero-order chi connectivity index (χ0) is 53.9. The van der Waals surface area contributed by atoms with Crippen molar-refractivity contribution in [3.8, 4) is 0 Å². The lowest BCUT2D eigenvalue weighted by Crippen LogP contribution is -2.39. The number of amides is 1. The van der Waals surface area contributed by atoms with Crippen molar-refractivity contribution in [3.05, 3.63) is 181 Å². The number of carbonyl (C=O) groups excluding carboxylic acids is 4. The molecule has 17 heteroatoms. The average molecular weight is 1270 g/mol. The molecule has 0 unspecified atom stereocenters. The summed E-state index contributed by atoms with van der Waals surface area (Å²) in [6, 6.07) is 38.2. The molecule has 7 aromatic rings. The highest BCUT2D eigenvalue weighted by Crippen LogP contribution is 2.24. The lowest BCUT2D eigenvalue weighted by Gasteiger charge is -2.31. The van der Waals surface area contributed by atoms with E-state index in [0.29, 0.717) is 39.0 Å². The first-order valence-corrected chi connectivity index (χ1v) is 28.1. The fourth-order valence-electron chi connectivity index (χ4n) is 9.74. The fourth-order valence-corrected chi connectivity index (χ4v) is 11.3. The number of nitrogens with zero attached hydrogens (tertiary/aromatic N) is 7. The topological polar surface area (TPSA) is 132 Å². The van der Waals surface area contributed by atoms with E-state index in [1.54, 1.807) is 22.2 Å². The standard InChI is InChI=1S/C24H27N3O2S.C23H24IN3O2S.C11H12INO2/c1-17-8-9-21-20(16-17)23(29)27(24(30)25(21)2)15-14-26-12-10-19(11-13-26)22(28)18-6-4-3-5-7-18;1-25-20-5-3-2-4-19(20)22(29)27(23(25)30)15-14-26-12-10-17(11-13-26)21(28)16-6-8-18(24)9-7-16;1-8(14)7-13(2)11(15)9-5-3-4-6-10(9)12/h3-9,16,19H,10-15H2,1-2H3;2-9,17H,10-15H2,1H3;3-6H,7H2,1-2H3. The van der Waals surface area contributed by atoms with Crippen LogP contribution >= 0.6 is 69.6 Å². The van der Waals surface area contributed by atoms with Gasteiger partial charge in [0.2, 0.25) is 0 Å². The Hall–Kier alpha value is -5.32. The number of hydrogen-bond acceptors (Lipinski definition) is 10. The normalized spacial score (nSPS) is 14.4. The molecule has 13 nitrogen and oxygen atoms in total. The molecule has 1 amide bonds. The zero-order valence-corrected chi connectivity index (χ0v) is 49.0. The summed E-state index contributed by atoms with van der Waals surface area (Å²) >= 11 is 15.5. The highest BCUT2D eigenvalue weighted by atomic mass is 127. The monoisotopic (exact) mass is 1270 g/mol. The van der Waals surface area contributed by atoms with E-state index in [1.807, 2.05) is 145 Å². The quantitative estimate of drug-likeness (QED) is 0.0625. The van der Waals surface area contributed by atoms with Crippen LogP contribution in [-0.2, 0) is 32.0 Å². The highest BCUT2D eigenvalue weighted by Gasteiger charge is 2.27. The Morgan fingerprint density at radius 3 is 1.59 bits per heavy atom. The summed E-state index contributed by atoms with van der Waals surface area (Å²) in [5.74, 6) is 0.527. The number of carbonyl (C=O) groups is 4. The number of fused-ring (bicyclic) bond motifs is 2. The van der Waals surface area contributed by atoms with Crippen LogP contribution in [0.15, 0.2) is 131 Å². The van der Waals surface area contributed by atoms with Crippen molar-refractivity contribution in [2.75, 3.05) is 52.9 Å². The molecule has 0 aliphatic carbocycles. The smallest absolute Gasteiger partial charge is 0.262 e. The highest BCUT2D eigenvalue weighted by molar-refractivity contribution is 14.1. The van der Waals surface area contributed by atoms with Crippen LogP contribution in [0.2, 0.25) is 0 Å². The Balaban J connectivity index is 0.000000174. The van der Waals surface area contributed by atoms with E-state index in [2.05, 4.69) is 55.0 Å². The summed E-state index contributed by atoms with van der Waals surface area (Å²) in [4.78, 5) is 80.2. The summed E-state index contributed by atoms with van der Waals surface area (Å²) in [6.07, 6.45) is 3.42. The maximum Gasteiger partial charge on any atom is 0.262 e. The van der Waals surface area contributed by atoms with Gasteiger partial charge in [-0.3, -0.25) is 37.9 Å². The number of aryl methyl sites for hydroxylation is 3. The Kier molecular flexibility index (Phi) is 20.4. The molecule has 0 bridgehead atoms. The molecule has 75 heavy (non-hydrogen) atoms. The number of likely N-dealkylation sites (N-methyl/N-ethyl adjacent to an activating group) is 1. The van der Waals surface area contributed by atoms with Crippen LogP contribution in [0.1, 0.15) is 69.2 Å². The van der Waals surface area contributed by atoms with E-state index in [4.69, 9.17) is 24.4 Å². The number of halogens is 2. The van der Waals surface area contributed by atoms with Gasteiger partial charge >= 0.3 is 0 Å². The van der Waals surface area contributed by atoms with E-state index in [1.165, 1.54) is 11.8 Å². The second-order valence-corrected chi connectivity index (χ2v) is 22.4. The second-order valence-electron chi connectivity index (χ2n) is 19.3. The number of para-hydroxylation sites is 1. The van der Waals surface area contributed by atoms with Gasteiger partial charge < -0.3 is 23.8 Å². The van der Waals surface area contributed by atoms with Crippen molar-refractivity contribution in [2.24, 2.45) is 25.9 Å². The van der Waals surface area contributed by atoms with Crippen molar-refractivity contribution in [1.82, 2.24) is 33.0 Å². The van der Waals surface area contributed by atoms with E-state index in [-0.39, 0.29) is 52.8 Å². The Morgan fingerprint density at radius 1 is 0.587 bits per heavy atom. The predicted molar refractivity (Wildman–Crippen MR) is 320 cm³/mol. The number of Topliss-reactive ketones (excluding diaryl/α,β-unsaturated/α-hetero) is 3. The molecule has 4 heterocycles. The third kappa shape index (κ3) is 14.4. The van der Waals surface area contributed by atoms with Crippen molar-refractivity contribution < 1.29 is 19.2 Å². The lowest BCUT2D eigenvalue weighted by molar-refractivity contribution is -0.117. The van der Waals surface area contributed by atoms with Crippen LogP contribution in [0.5, 0.6) is 0 Å². The Bertz CT molecular complexity index is 3450. The first-order chi connectivity index (χ1) is 35.9. The van der Waals surface area contributed by atoms with Gasteiger partial charge in [-0.25, -0.2) is 0 Å². The summed E-state index contributed by atoms with van der Waals surface area (Å²) < 4.78 is 10.3. The molecule has 5 aromatic carbocycles. The van der Waals surface area contributed by atoms with Crippen molar-refractivity contribution >= 4 is 115 Å². The van der Waals surface area contributed by atoms with Gasteiger partial charge in [-0.05, 0) is 184 Å². The summed E-state index contributed by atoms with van der Waals surface area (Å²) in [7, 11) is 5.45. The molecule has 9 rings (SSSR count). The predicted octanol–water partition coefficient (Wildman–Crippen LogP) is 10.2. The van der Waals surface area contributed by atoms with Gasteiger partial charge in [0.25, 0.3) is 17.0 Å². The number of aromatic nitrogens is 4. The third-order valence-electron chi connectivity index (χ3n) is 14.1. The van der Waals surface area contributed by atoms with Gasteiger partial charge in [-0.15, -0.1) is 0 Å². The van der Waals surface area contributed by atoms with Crippen LogP contribution in [0.25, 0.3) is 21.8 Å². The van der Waals surface area contributed by atoms with Crippen molar-refractivity contribution in [2.45, 2.75) is 52.6 Å². The molecular formula is C58H63I2N7O6S2. The molecule has 0 saturated carbocycles. The molecular weight excluding hydrogens is 1210 g/mol. The van der Waals surface area contributed by atoms with Gasteiger partial charge in [0.05, 0.1) is 33.9 Å². The SMILES string of the molecule is CC(=O)CN(C)C(=O)c1ccccc1I.Cc1ccc2c(c1)c(=O)n(CCN1CCC(C(=O)c3ccccc3)CC1)c(=S)n2C.Cn1c(=S)n(CCN2CCC(C(=O)c3ccc(I)cc3)CC2)c(=O)c2ccccc21. The summed E-state index contributed by atoms with van der Waals surface area (Å²) in [6.45, 7) is 9.71. The summed E-state index contributed by atoms with van der Waals surface area (Å²) in [5, 5.41) is 1.40. The van der Waals surface area contributed by atoms with Crippen molar-refractivity contribution in [1.29, 1.82) is 0 Å². The van der Waals surface area contributed by atoms with Crippen LogP contribution in [0.3, 0.4) is 0 Å². The van der Waals surface area contributed by atoms with Gasteiger partial charge in [0.15, 0.2) is 21.1 Å². The first kappa shape index (κ1) is 57.4. The minimum atomic E-state index is -0.116. The maximum absolute atomic E-state index is 13.0. The number of hydrogen-bond donors (Lipinski definition) is 0. The molecule has 2 aliphatic rings. The second kappa shape index (κ2) is 26.6. The maximum atomic E-state index is 13.0. The molecule has 2 aromatic heterocycles. The van der Waals surface area contributed by atoms with Gasteiger partial charge in [-0.1, -0.05) is 78.4 Å². The molecule has 2 aliphatic heterocycles. The van der Waals surface area contributed by atoms with Crippen LogP contribution in [0, 0.1) is 35.4 Å². The largest absolute Gasteiger partial charge is 0.334 e. The minimum Gasteiger partial charge on any atom is -0.334 e. The van der Waals surface area contributed by atoms with Crippen LogP contribution < -0.4 is 11.1 Å². The van der Waals surface area contributed by atoms with Gasteiger partial charge in [0.1, 0.15) is 5.78 Å². The molecule has 0 atom stereocenters. The number of rotatable bonds is 13. The van der Waals surface area contributed by atoms with Crippen LogP contribution in [-0.4, -0.2) is 109 Å². The number of piperidine rings is 2. The van der Waals surface area contributed by atoms with E-state index in [9.17, 15) is 28.8 Å². The average Bonchev–Trinajstić information content (AvgIpc) is 3.42. The Morgan fingerprint density at radius 2 is 1.05 bits per heavy atom. The van der Waals surface area contributed by atoms with E-state index < -0.39 is 0 Å². The lowest BCUT2D eigenvalue weighted by atomic mass is 9.89. The number of ketones is 3. The van der Waals surface area contributed by atoms with Crippen molar-refractivity contribution in [3.63, 3.8) is 0 Å². The van der Waals surface area contributed by atoms with Crippen LogP contribution in [0.4, 0.5) is 0 Å². The third-order valence-corrected chi connectivity index (χ3v) is 16.7. The number of likely N-dealkylation sites (tertiary alicyclic amines) is 2. The zero-order valence-electron chi connectivity index (χ0n) is 43.0. The molecule has 2 fully saturated rings.